The van der Waals surface area contributed by atoms with Crippen LogP contribution in [0, 0.1) is 6.92 Å². The van der Waals surface area contributed by atoms with Crippen LogP contribution in [0.5, 0.6) is 0 Å². The Morgan fingerprint density at radius 3 is 2.66 bits per heavy atom. The Hall–Kier alpha value is -3.26. The fourth-order valence-corrected chi connectivity index (χ4v) is 3.90. The average molecular weight is 389 g/mol. The van der Waals surface area contributed by atoms with Crippen LogP contribution < -0.4 is 5.32 Å². The van der Waals surface area contributed by atoms with E-state index in [2.05, 4.69) is 28.4 Å². The minimum absolute atomic E-state index is 0.319. The number of nitrogens with zero attached hydrogens (tertiary/aromatic N) is 6. The highest BCUT2D eigenvalue weighted by Crippen LogP contribution is 2.34. The van der Waals surface area contributed by atoms with Crippen molar-refractivity contribution < 1.29 is 4.74 Å². The van der Waals surface area contributed by atoms with E-state index in [0.717, 1.165) is 46.7 Å². The first-order valence-corrected chi connectivity index (χ1v) is 9.71. The van der Waals surface area contributed by atoms with Gasteiger partial charge in [-0.15, -0.1) is 5.10 Å². The first kappa shape index (κ1) is 17.8. The van der Waals surface area contributed by atoms with Crippen LogP contribution in [0.2, 0.25) is 0 Å². The third-order valence-electron chi connectivity index (χ3n) is 5.67. The zero-order valence-electron chi connectivity index (χ0n) is 16.7. The van der Waals surface area contributed by atoms with Gasteiger partial charge < -0.3 is 14.6 Å². The maximum atomic E-state index is 5.43. The van der Waals surface area contributed by atoms with Crippen molar-refractivity contribution in [3.05, 3.63) is 48.7 Å². The number of methoxy groups -OCH3 is 1. The number of fused-ring (bicyclic) bond motifs is 1. The Morgan fingerprint density at radius 2 is 1.97 bits per heavy atom. The summed E-state index contributed by atoms with van der Waals surface area (Å²) >= 11 is 0. The second-order valence-corrected chi connectivity index (χ2v) is 7.51. The molecule has 8 nitrogen and oxygen atoms in total. The average Bonchev–Trinajstić information content (AvgIpc) is 3.28. The summed E-state index contributed by atoms with van der Waals surface area (Å²) in [5.41, 5.74) is 4.34. The van der Waals surface area contributed by atoms with Gasteiger partial charge in [-0.25, -0.2) is 14.5 Å². The van der Waals surface area contributed by atoms with Gasteiger partial charge in [-0.1, -0.05) is 0 Å². The molecule has 0 spiro atoms. The second-order valence-electron chi connectivity index (χ2n) is 7.51. The molecule has 0 saturated heterocycles. The lowest BCUT2D eigenvalue weighted by atomic mass is 9.89. The molecule has 4 heterocycles. The number of imidazole rings is 1. The molecular formula is C21H23N7O. The molecule has 0 unspecified atom stereocenters. The quantitative estimate of drug-likeness (QED) is 0.565. The highest BCUT2D eigenvalue weighted by molar-refractivity contribution is 5.83. The monoisotopic (exact) mass is 389 g/mol. The highest BCUT2D eigenvalue weighted by atomic mass is 16.5. The van der Waals surface area contributed by atoms with Gasteiger partial charge in [0.1, 0.15) is 5.52 Å². The molecule has 29 heavy (non-hydrogen) atoms. The Balaban J connectivity index is 1.65. The molecule has 5 rings (SSSR count). The van der Waals surface area contributed by atoms with Gasteiger partial charge in [0, 0.05) is 56.7 Å². The summed E-state index contributed by atoms with van der Waals surface area (Å²) in [7, 11) is 3.71. The first-order chi connectivity index (χ1) is 14.1. The maximum absolute atomic E-state index is 5.43. The topological polar surface area (TPSA) is 82.2 Å². The van der Waals surface area contributed by atoms with Gasteiger partial charge in [-0.2, -0.15) is 0 Å². The summed E-state index contributed by atoms with van der Waals surface area (Å²) < 4.78 is 9.27. The summed E-state index contributed by atoms with van der Waals surface area (Å²) in [6, 6.07) is 4.36. The van der Waals surface area contributed by atoms with E-state index in [4.69, 9.17) is 14.8 Å². The summed E-state index contributed by atoms with van der Waals surface area (Å²) in [6.45, 7) is 2.11. The molecule has 8 heteroatoms. The van der Waals surface area contributed by atoms with E-state index in [1.807, 2.05) is 34.5 Å². The van der Waals surface area contributed by atoms with Gasteiger partial charge in [0.2, 0.25) is 5.82 Å². The van der Waals surface area contributed by atoms with Crippen molar-refractivity contribution in [1.82, 2.24) is 29.1 Å². The Labute approximate surface area is 168 Å². The number of rotatable bonds is 5. The molecule has 1 N–H and O–H groups in total. The maximum Gasteiger partial charge on any atom is 0.218 e. The van der Waals surface area contributed by atoms with E-state index < -0.39 is 0 Å². The Morgan fingerprint density at radius 1 is 1.17 bits per heavy atom. The molecule has 0 amide bonds. The molecule has 4 aromatic heterocycles. The van der Waals surface area contributed by atoms with Gasteiger partial charge in [-0.3, -0.25) is 4.98 Å². The van der Waals surface area contributed by atoms with Crippen molar-refractivity contribution in [1.29, 1.82) is 0 Å². The number of pyridine rings is 1. The van der Waals surface area contributed by atoms with Crippen LogP contribution in [0.1, 0.15) is 18.4 Å². The molecule has 0 bridgehead atoms. The minimum atomic E-state index is 0.319. The zero-order valence-corrected chi connectivity index (χ0v) is 16.7. The number of hydrogen-bond acceptors (Lipinski definition) is 6. The third kappa shape index (κ3) is 3.05. The molecule has 148 valence electrons. The number of aryl methyl sites for hydroxylation is 2. The lowest BCUT2D eigenvalue weighted by molar-refractivity contribution is 0.0328. The summed E-state index contributed by atoms with van der Waals surface area (Å²) in [5, 5.41) is 8.38. The van der Waals surface area contributed by atoms with Gasteiger partial charge in [0.25, 0.3) is 0 Å². The molecule has 1 aliphatic carbocycles. The zero-order chi connectivity index (χ0) is 20.0. The van der Waals surface area contributed by atoms with Crippen LogP contribution in [0.25, 0.3) is 28.3 Å². The minimum Gasteiger partial charge on any atom is -0.381 e. The largest absolute Gasteiger partial charge is 0.381 e. The summed E-state index contributed by atoms with van der Waals surface area (Å²) in [6.07, 6.45) is 11.6. The van der Waals surface area contributed by atoms with Crippen molar-refractivity contribution in [2.24, 2.45) is 7.05 Å². The van der Waals surface area contributed by atoms with Crippen LogP contribution >= 0.6 is 0 Å². The fourth-order valence-electron chi connectivity index (χ4n) is 3.90. The van der Waals surface area contributed by atoms with E-state index in [9.17, 15) is 0 Å². The standard InChI is InChI=1S/C21H23N7O/c1-13-17(14-4-6-22-7-5-14)12-28-18(13)19(24-15-10-16(11-15)29-3)25-20(26-28)21-23-8-9-27(21)2/h4-9,12,15-16H,10-11H2,1-3H3,(H,24,25,26). The van der Waals surface area contributed by atoms with Gasteiger partial charge in [0.15, 0.2) is 11.6 Å². The van der Waals surface area contributed by atoms with Gasteiger partial charge >= 0.3 is 0 Å². The first-order valence-electron chi connectivity index (χ1n) is 9.71. The molecule has 1 saturated carbocycles. The predicted molar refractivity (Wildman–Crippen MR) is 111 cm³/mol. The summed E-state index contributed by atoms with van der Waals surface area (Å²) in [5.74, 6) is 2.15. The Kier molecular flexibility index (Phi) is 4.28. The van der Waals surface area contributed by atoms with Crippen molar-refractivity contribution in [2.75, 3.05) is 12.4 Å². The molecule has 1 aliphatic rings. The van der Waals surface area contributed by atoms with E-state index in [0.29, 0.717) is 18.0 Å². The van der Waals surface area contributed by atoms with Crippen molar-refractivity contribution >= 4 is 11.3 Å². The molecule has 0 aliphatic heterocycles. The van der Waals surface area contributed by atoms with Crippen LogP contribution in [-0.2, 0) is 11.8 Å². The normalized spacial score (nSPS) is 18.7. The number of anilines is 1. The molecule has 1 fully saturated rings. The molecule has 4 aromatic rings. The highest BCUT2D eigenvalue weighted by Gasteiger charge is 2.30. The van der Waals surface area contributed by atoms with Crippen molar-refractivity contribution in [2.45, 2.75) is 31.9 Å². The summed E-state index contributed by atoms with van der Waals surface area (Å²) in [4.78, 5) is 13.4. The lowest BCUT2D eigenvalue weighted by Crippen LogP contribution is -2.40. The van der Waals surface area contributed by atoms with Crippen LogP contribution in [-0.4, -0.2) is 48.4 Å². The second kappa shape index (κ2) is 6.97. The van der Waals surface area contributed by atoms with E-state index in [-0.39, 0.29) is 0 Å². The number of aromatic nitrogens is 6. The predicted octanol–water partition coefficient (Wildman–Crippen LogP) is 3.09. The molecule has 0 atom stereocenters. The van der Waals surface area contributed by atoms with Crippen molar-refractivity contribution in [3.63, 3.8) is 0 Å². The van der Waals surface area contributed by atoms with Crippen LogP contribution in [0.15, 0.2) is 43.1 Å². The number of ether oxygens (including phenoxy) is 1. The van der Waals surface area contributed by atoms with Crippen molar-refractivity contribution in [3.8, 4) is 22.8 Å². The van der Waals surface area contributed by atoms with Crippen LogP contribution in [0.4, 0.5) is 5.82 Å². The third-order valence-corrected chi connectivity index (χ3v) is 5.67. The van der Waals surface area contributed by atoms with Gasteiger partial charge in [-0.05, 0) is 43.0 Å². The SMILES string of the molecule is COC1CC(Nc2nc(-c3nccn3C)nn3cc(-c4ccncc4)c(C)c23)C1. The molecular weight excluding hydrogens is 366 g/mol. The van der Waals surface area contributed by atoms with Gasteiger partial charge in [0.05, 0.1) is 6.10 Å². The van der Waals surface area contributed by atoms with E-state index >= 15 is 0 Å². The number of nitrogens with one attached hydrogen (secondary N) is 1. The van der Waals surface area contributed by atoms with E-state index in [1.54, 1.807) is 25.7 Å². The van der Waals surface area contributed by atoms with Crippen LogP contribution in [0.3, 0.4) is 0 Å². The Bertz CT molecular complexity index is 1160. The lowest BCUT2D eigenvalue weighted by Gasteiger charge is -2.35. The molecule has 0 aromatic carbocycles. The number of hydrogen-bond donors (Lipinski definition) is 1. The fraction of sp³-hybridized carbons (Fsp3) is 0.333. The molecule has 0 radical (unpaired) electrons. The van der Waals surface area contributed by atoms with E-state index in [1.165, 1.54) is 0 Å². The smallest absolute Gasteiger partial charge is 0.218 e.